The summed E-state index contributed by atoms with van der Waals surface area (Å²) < 4.78 is 23.2. The third-order valence-corrected chi connectivity index (χ3v) is 7.52. The molecule has 0 fully saturated rings. The molecule has 216 valence electrons. The summed E-state index contributed by atoms with van der Waals surface area (Å²) in [6, 6.07) is 9.58. The summed E-state index contributed by atoms with van der Waals surface area (Å²) in [6.07, 6.45) is 1.49. The van der Waals surface area contributed by atoms with Gasteiger partial charge < -0.3 is 18.9 Å². The van der Waals surface area contributed by atoms with E-state index in [1.165, 1.54) is 11.7 Å². The first-order chi connectivity index (χ1) is 19.5. The standard InChI is InChI=1S/C29H28Cl2N2O7S/c1-6-38-28(36)24-16(4)32-29-33(25(24)18-9-7-8-10-21(18)40-15(2)3)27(35)22(41-29)13-17-11-19(30)26(20(31)12-17)39-14-23(34)37-5/h7-13,15,25H,6,14H2,1-5H3/b22-13+/t25-/m1/s1. The molecule has 0 saturated carbocycles. The number of nitrogens with zero attached hydrogens (tertiary/aromatic N) is 2. The molecule has 0 bridgehead atoms. The fourth-order valence-corrected chi connectivity index (χ4v) is 5.96. The van der Waals surface area contributed by atoms with Gasteiger partial charge >= 0.3 is 11.9 Å². The van der Waals surface area contributed by atoms with Crippen LogP contribution < -0.4 is 24.4 Å². The Balaban J connectivity index is 1.88. The second-order valence-corrected chi connectivity index (χ2v) is 11.0. The molecule has 0 N–H and O–H groups in total. The minimum Gasteiger partial charge on any atom is -0.491 e. The number of carbonyl (C=O) groups is 2. The van der Waals surface area contributed by atoms with Gasteiger partial charge in [-0.3, -0.25) is 9.36 Å². The number of fused-ring (bicyclic) bond motifs is 1. The van der Waals surface area contributed by atoms with Crippen LogP contribution in [-0.2, 0) is 19.1 Å². The molecular formula is C29H28Cl2N2O7S. The van der Waals surface area contributed by atoms with Crippen molar-refractivity contribution in [2.24, 2.45) is 4.99 Å². The molecule has 0 amide bonds. The van der Waals surface area contributed by atoms with E-state index in [1.807, 2.05) is 32.0 Å². The number of esters is 2. The minimum atomic E-state index is -0.830. The summed E-state index contributed by atoms with van der Waals surface area (Å²) >= 11 is 13.9. The number of ether oxygens (including phenoxy) is 4. The second-order valence-electron chi connectivity index (χ2n) is 9.19. The van der Waals surface area contributed by atoms with Crippen molar-refractivity contribution in [3.05, 3.63) is 88.5 Å². The van der Waals surface area contributed by atoms with Crippen molar-refractivity contribution in [3.8, 4) is 11.5 Å². The minimum absolute atomic E-state index is 0.119. The zero-order valence-corrected chi connectivity index (χ0v) is 25.4. The molecule has 2 aromatic carbocycles. The van der Waals surface area contributed by atoms with E-state index < -0.39 is 18.0 Å². The molecule has 1 atom stereocenters. The topological polar surface area (TPSA) is 105 Å². The molecule has 4 rings (SSSR count). The predicted molar refractivity (Wildman–Crippen MR) is 157 cm³/mol. The summed E-state index contributed by atoms with van der Waals surface area (Å²) in [5.41, 5.74) is 1.48. The number of halogens is 2. The van der Waals surface area contributed by atoms with Gasteiger partial charge in [-0.15, -0.1) is 0 Å². The number of rotatable bonds is 9. The number of benzene rings is 2. The zero-order chi connectivity index (χ0) is 29.8. The van der Waals surface area contributed by atoms with Crippen LogP contribution in [0.4, 0.5) is 0 Å². The van der Waals surface area contributed by atoms with E-state index in [0.717, 1.165) is 11.3 Å². The maximum absolute atomic E-state index is 13.9. The molecular weight excluding hydrogens is 591 g/mol. The molecule has 2 heterocycles. The average molecular weight is 620 g/mol. The predicted octanol–water partition coefficient (Wildman–Crippen LogP) is 4.44. The van der Waals surface area contributed by atoms with Gasteiger partial charge in [0.2, 0.25) is 0 Å². The fourth-order valence-electron chi connectivity index (χ4n) is 4.30. The molecule has 1 aliphatic rings. The van der Waals surface area contributed by atoms with E-state index in [1.54, 1.807) is 38.1 Å². The third-order valence-electron chi connectivity index (χ3n) is 5.97. The number of allylic oxidation sites excluding steroid dienone is 1. The Labute approximate surface area is 250 Å². The lowest BCUT2D eigenvalue weighted by atomic mass is 9.95. The van der Waals surface area contributed by atoms with Crippen molar-refractivity contribution in [1.82, 2.24) is 4.57 Å². The van der Waals surface area contributed by atoms with Crippen LogP contribution in [-0.4, -0.2) is 42.9 Å². The number of aromatic nitrogens is 1. The molecule has 0 saturated heterocycles. The van der Waals surface area contributed by atoms with E-state index >= 15 is 0 Å². The molecule has 0 aliphatic carbocycles. The van der Waals surface area contributed by atoms with Crippen LogP contribution in [0.1, 0.15) is 44.9 Å². The molecule has 1 aromatic heterocycles. The van der Waals surface area contributed by atoms with Crippen LogP contribution in [0.25, 0.3) is 6.08 Å². The number of hydrogen-bond donors (Lipinski definition) is 0. The first kappa shape index (κ1) is 30.4. The average Bonchev–Trinajstić information content (AvgIpc) is 3.21. The van der Waals surface area contributed by atoms with Gasteiger partial charge in [0.15, 0.2) is 17.2 Å². The largest absolute Gasteiger partial charge is 0.491 e. The maximum Gasteiger partial charge on any atom is 0.343 e. The number of thiazole rings is 1. The van der Waals surface area contributed by atoms with E-state index in [0.29, 0.717) is 31.9 Å². The molecule has 9 nitrogen and oxygen atoms in total. The highest BCUT2D eigenvalue weighted by molar-refractivity contribution is 7.07. The van der Waals surface area contributed by atoms with Crippen molar-refractivity contribution in [2.75, 3.05) is 20.3 Å². The van der Waals surface area contributed by atoms with Gasteiger partial charge in [-0.05, 0) is 57.5 Å². The molecule has 0 radical (unpaired) electrons. The van der Waals surface area contributed by atoms with Gasteiger partial charge in [0.1, 0.15) is 11.8 Å². The first-order valence-electron chi connectivity index (χ1n) is 12.7. The maximum atomic E-state index is 13.9. The normalized spacial score (nSPS) is 14.9. The molecule has 0 spiro atoms. The summed E-state index contributed by atoms with van der Waals surface area (Å²) in [5, 5.41) is 0.303. The zero-order valence-electron chi connectivity index (χ0n) is 23.0. The summed E-state index contributed by atoms with van der Waals surface area (Å²) in [6.45, 7) is 7.04. The molecule has 1 aliphatic heterocycles. The van der Waals surface area contributed by atoms with Crippen LogP contribution in [0.5, 0.6) is 11.5 Å². The number of carbonyl (C=O) groups excluding carboxylic acids is 2. The summed E-state index contributed by atoms with van der Waals surface area (Å²) in [5.74, 6) is -0.489. The van der Waals surface area contributed by atoms with E-state index in [-0.39, 0.29) is 46.2 Å². The molecule has 0 unspecified atom stereocenters. The van der Waals surface area contributed by atoms with Crippen molar-refractivity contribution in [1.29, 1.82) is 0 Å². The highest BCUT2D eigenvalue weighted by atomic mass is 35.5. The smallest absolute Gasteiger partial charge is 0.343 e. The van der Waals surface area contributed by atoms with Gasteiger partial charge in [-0.2, -0.15) is 0 Å². The number of para-hydroxylation sites is 1. The third kappa shape index (κ3) is 6.50. The highest BCUT2D eigenvalue weighted by Crippen LogP contribution is 2.37. The van der Waals surface area contributed by atoms with Crippen LogP contribution in [0.3, 0.4) is 0 Å². The lowest BCUT2D eigenvalue weighted by Gasteiger charge is -2.26. The number of hydrogen-bond acceptors (Lipinski definition) is 9. The van der Waals surface area contributed by atoms with Crippen LogP contribution in [0.15, 0.2) is 57.5 Å². The molecule has 3 aromatic rings. The Hall–Kier alpha value is -3.60. The molecule has 12 heteroatoms. The van der Waals surface area contributed by atoms with Gasteiger partial charge in [0, 0.05) is 5.56 Å². The van der Waals surface area contributed by atoms with Crippen LogP contribution in [0, 0.1) is 0 Å². The van der Waals surface area contributed by atoms with E-state index in [2.05, 4.69) is 9.73 Å². The van der Waals surface area contributed by atoms with Gasteiger partial charge in [-0.25, -0.2) is 14.6 Å². The number of methoxy groups -OCH3 is 1. The highest BCUT2D eigenvalue weighted by Gasteiger charge is 2.35. The van der Waals surface area contributed by atoms with E-state index in [4.69, 9.17) is 37.4 Å². The van der Waals surface area contributed by atoms with Crippen molar-refractivity contribution in [2.45, 2.75) is 39.8 Å². The van der Waals surface area contributed by atoms with Gasteiger partial charge in [0.05, 0.1) is 45.7 Å². The SMILES string of the molecule is CCOC(=O)C1=C(C)N=c2s/c(=C/c3cc(Cl)c(OCC(=O)OC)c(Cl)c3)c(=O)n2[C@@H]1c1ccccc1OC(C)C. The van der Waals surface area contributed by atoms with Crippen LogP contribution in [0.2, 0.25) is 10.0 Å². The summed E-state index contributed by atoms with van der Waals surface area (Å²) in [4.78, 5) is 43.6. The van der Waals surface area contributed by atoms with Gasteiger partial charge in [-0.1, -0.05) is 52.7 Å². The second kappa shape index (κ2) is 12.9. The fraction of sp³-hybridized carbons (Fsp3) is 0.310. The lowest BCUT2D eigenvalue weighted by Crippen LogP contribution is -2.40. The Morgan fingerprint density at radius 3 is 2.49 bits per heavy atom. The Kier molecular flexibility index (Phi) is 9.57. The Morgan fingerprint density at radius 2 is 1.85 bits per heavy atom. The summed E-state index contributed by atoms with van der Waals surface area (Å²) in [7, 11) is 1.24. The van der Waals surface area contributed by atoms with Crippen LogP contribution >= 0.6 is 34.5 Å². The van der Waals surface area contributed by atoms with Gasteiger partial charge in [0.25, 0.3) is 5.56 Å². The van der Waals surface area contributed by atoms with Crippen molar-refractivity contribution in [3.63, 3.8) is 0 Å². The van der Waals surface area contributed by atoms with E-state index in [9.17, 15) is 14.4 Å². The quantitative estimate of drug-likeness (QED) is 0.326. The Bertz CT molecular complexity index is 1690. The molecule has 41 heavy (non-hydrogen) atoms. The van der Waals surface area contributed by atoms with Crippen molar-refractivity contribution < 1.29 is 28.5 Å². The first-order valence-corrected chi connectivity index (χ1v) is 14.3. The van der Waals surface area contributed by atoms with Crippen molar-refractivity contribution >= 4 is 52.6 Å². The monoisotopic (exact) mass is 618 g/mol. The lowest BCUT2D eigenvalue weighted by molar-refractivity contribution is -0.143. The Morgan fingerprint density at radius 1 is 1.17 bits per heavy atom.